The van der Waals surface area contributed by atoms with Gasteiger partial charge in [-0.15, -0.1) is 22.7 Å². The van der Waals surface area contributed by atoms with E-state index in [4.69, 9.17) is 9.47 Å². The van der Waals surface area contributed by atoms with Crippen molar-refractivity contribution in [2.45, 2.75) is 0 Å². The molecule has 1 N–H and O–H groups in total. The van der Waals surface area contributed by atoms with E-state index in [0.717, 1.165) is 22.4 Å². The Morgan fingerprint density at radius 3 is 2.48 bits per heavy atom. The Labute approximate surface area is 176 Å². The highest BCUT2D eigenvalue weighted by Crippen LogP contribution is 2.34. The smallest absolute Gasteiger partial charge is 0.268 e. The highest BCUT2D eigenvalue weighted by Gasteiger charge is 2.17. The number of ether oxygens (including phenoxy) is 2. The standard InChI is InChI=1S/C22H18N2O3S2/c1-26-18-9-8-15(12-19(18)27-2)17-13-29-22(23-17)24-21(25)20-16(10-11-28-20)14-6-4-3-5-7-14/h3-13H,1-2H3,(H,23,24,25). The second-order valence-electron chi connectivity index (χ2n) is 6.09. The Morgan fingerprint density at radius 2 is 1.72 bits per heavy atom. The molecule has 2 heterocycles. The number of carbonyl (C=O) groups excluding carboxylic acids is 1. The molecule has 0 saturated carbocycles. The van der Waals surface area contributed by atoms with Gasteiger partial charge in [-0.3, -0.25) is 10.1 Å². The molecule has 0 aliphatic carbocycles. The largest absolute Gasteiger partial charge is 0.493 e. The number of hydrogen-bond acceptors (Lipinski definition) is 6. The van der Waals surface area contributed by atoms with E-state index in [1.165, 1.54) is 22.7 Å². The summed E-state index contributed by atoms with van der Waals surface area (Å²) in [5.74, 6) is 1.13. The first kappa shape index (κ1) is 19.2. The van der Waals surface area contributed by atoms with Crippen molar-refractivity contribution in [3.05, 3.63) is 70.2 Å². The molecule has 7 heteroatoms. The summed E-state index contributed by atoms with van der Waals surface area (Å²) in [6.07, 6.45) is 0. The lowest BCUT2D eigenvalue weighted by Crippen LogP contribution is -2.11. The van der Waals surface area contributed by atoms with Crippen LogP contribution in [0.4, 0.5) is 5.13 Å². The minimum atomic E-state index is -0.160. The van der Waals surface area contributed by atoms with Crippen LogP contribution in [0.3, 0.4) is 0 Å². The summed E-state index contributed by atoms with van der Waals surface area (Å²) in [6, 6.07) is 17.5. The Morgan fingerprint density at radius 1 is 0.931 bits per heavy atom. The molecule has 0 aliphatic heterocycles. The number of aromatic nitrogens is 1. The number of thiazole rings is 1. The third kappa shape index (κ3) is 4.01. The Bertz CT molecular complexity index is 1140. The maximum absolute atomic E-state index is 12.8. The van der Waals surface area contributed by atoms with Gasteiger partial charge in [0.1, 0.15) is 4.88 Å². The van der Waals surface area contributed by atoms with Crippen molar-refractivity contribution < 1.29 is 14.3 Å². The predicted molar refractivity (Wildman–Crippen MR) is 118 cm³/mol. The molecule has 1 amide bonds. The zero-order chi connectivity index (χ0) is 20.2. The number of anilines is 1. The lowest BCUT2D eigenvalue weighted by Gasteiger charge is -2.08. The monoisotopic (exact) mass is 422 g/mol. The molecule has 0 unspecified atom stereocenters. The number of hydrogen-bond donors (Lipinski definition) is 1. The van der Waals surface area contributed by atoms with Gasteiger partial charge in [-0.2, -0.15) is 0 Å². The van der Waals surface area contributed by atoms with Crippen LogP contribution in [0.25, 0.3) is 22.4 Å². The van der Waals surface area contributed by atoms with E-state index in [9.17, 15) is 4.79 Å². The molecule has 146 valence electrons. The highest BCUT2D eigenvalue weighted by molar-refractivity contribution is 7.15. The molecule has 4 aromatic rings. The fourth-order valence-electron chi connectivity index (χ4n) is 2.94. The van der Waals surface area contributed by atoms with E-state index < -0.39 is 0 Å². The minimum Gasteiger partial charge on any atom is -0.493 e. The van der Waals surface area contributed by atoms with Crippen LogP contribution in [-0.4, -0.2) is 25.1 Å². The van der Waals surface area contributed by atoms with Crippen LogP contribution < -0.4 is 14.8 Å². The lowest BCUT2D eigenvalue weighted by molar-refractivity contribution is 0.103. The number of amides is 1. The van der Waals surface area contributed by atoms with Gasteiger partial charge in [0.2, 0.25) is 0 Å². The summed E-state index contributed by atoms with van der Waals surface area (Å²) < 4.78 is 10.6. The highest BCUT2D eigenvalue weighted by atomic mass is 32.1. The first-order valence-electron chi connectivity index (χ1n) is 8.82. The molecule has 0 spiro atoms. The second kappa shape index (κ2) is 8.46. The van der Waals surface area contributed by atoms with Crippen LogP contribution in [0, 0.1) is 0 Å². The van der Waals surface area contributed by atoms with Crippen LogP contribution in [0.2, 0.25) is 0 Å². The lowest BCUT2D eigenvalue weighted by atomic mass is 10.1. The Balaban J connectivity index is 1.55. The van der Waals surface area contributed by atoms with Gasteiger partial charge in [-0.1, -0.05) is 30.3 Å². The third-order valence-electron chi connectivity index (χ3n) is 4.36. The average Bonchev–Trinajstić information content (AvgIpc) is 3.43. The van der Waals surface area contributed by atoms with Crippen LogP contribution in [0.15, 0.2) is 65.4 Å². The first-order chi connectivity index (χ1) is 14.2. The average molecular weight is 423 g/mol. The van der Waals surface area contributed by atoms with Gasteiger partial charge < -0.3 is 9.47 Å². The number of nitrogens with one attached hydrogen (secondary N) is 1. The quantitative estimate of drug-likeness (QED) is 0.426. The van der Waals surface area contributed by atoms with Gasteiger partial charge >= 0.3 is 0 Å². The van der Waals surface area contributed by atoms with E-state index >= 15 is 0 Å². The fraction of sp³-hybridized carbons (Fsp3) is 0.0909. The zero-order valence-electron chi connectivity index (χ0n) is 15.8. The SMILES string of the molecule is COc1ccc(-c2csc(NC(=O)c3sccc3-c3ccccc3)n2)cc1OC. The van der Waals surface area contributed by atoms with Gasteiger partial charge in [0.05, 0.1) is 19.9 Å². The summed E-state index contributed by atoms with van der Waals surface area (Å²) in [5, 5.41) is 7.30. The second-order valence-corrected chi connectivity index (χ2v) is 7.87. The number of methoxy groups -OCH3 is 2. The molecule has 0 aliphatic rings. The summed E-state index contributed by atoms with van der Waals surface area (Å²) >= 11 is 2.80. The van der Waals surface area contributed by atoms with E-state index in [1.807, 2.05) is 65.4 Å². The van der Waals surface area contributed by atoms with Gasteiger partial charge in [0, 0.05) is 16.5 Å². The summed E-state index contributed by atoms with van der Waals surface area (Å²) in [7, 11) is 3.20. The van der Waals surface area contributed by atoms with Crippen molar-refractivity contribution in [2.75, 3.05) is 19.5 Å². The molecule has 0 fully saturated rings. The molecule has 4 rings (SSSR count). The van der Waals surface area contributed by atoms with Crippen LogP contribution in [-0.2, 0) is 0 Å². The van der Waals surface area contributed by atoms with Gasteiger partial charge in [-0.05, 0) is 35.2 Å². The first-order valence-corrected chi connectivity index (χ1v) is 10.6. The molecule has 0 bridgehead atoms. The van der Waals surface area contributed by atoms with Crippen LogP contribution in [0.5, 0.6) is 11.5 Å². The van der Waals surface area contributed by atoms with Crippen LogP contribution >= 0.6 is 22.7 Å². The minimum absolute atomic E-state index is 0.160. The van der Waals surface area contributed by atoms with Crippen LogP contribution in [0.1, 0.15) is 9.67 Å². The maximum Gasteiger partial charge on any atom is 0.268 e. The van der Waals surface area contributed by atoms with E-state index in [-0.39, 0.29) is 5.91 Å². The number of benzene rings is 2. The number of rotatable bonds is 6. The van der Waals surface area contributed by atoms with Gasteiger partial charge in [-0.25, -0.2) is 4.98 Å². The van der Waals surface area contributed by atoms with Crippen molar-refractivity contribution in [1.82, 2.24) is 4.98 Å². The van der Waals surface area contributed by atoms with Gasteiger partial charge in [0.15, 0.2) is 16.6 Å². The summed E-state index contributed by atoms with van der Waals surface area (Å²) in [6.45, 7) is 0. The molecule has 2 aromatic heterocycles. The maximum atomic E-state index is 12.8. The molecule has 0 saturated heterocycles. The summed E-state index contributed by atoms with van der Waals surface area (Å²) in [5.41, 5.74) is 3.59. The van der Waals surface area contributed by atoms with Gasteiger partial charge in [0.25, 0.3) is 5.91 Å². The number of nitrogens with zero attached hydrogens (tertiary/aromatic N) is 1. The Hall–Kier alpha value is -3.16. The van der Waals surface area contributed by atoms with Crippen molar-refractivity contribution in [3.8, 4) is 33.9 Å². The molecule has 0 atom stereocenters. The number of carbonyl (C=O) groups is 1. The van der Waals surface area contributed by atoms with Crippen molar-refractivity contribution in [1.29, 1.82) is 0 Å². The topological polar surface area (TPSA) is 60.5 Å². The Kier molecular flexibility index (Phi) is 5.59. The number of thiophene rings is 1. The fourth-order valence-corrected chi connectivity index (χ4v) is 4.47. The van der Waals surface area contributed by atoms with Crippen molar-refractivity contribution in [3.63, 3.8) is 0 Å². The molecule has 5 nitrogen and oxygen atoms in total. The molecular weight excluding hydrogens is 404 g/mol. The normalized spacial score (nSPS) is 10.6. The molecular formula is C22H18N2O3S2. The molecule has 0 radical (unpaired) electrons. The third-order valence-corrected chi connectivity index (χ3v) is 6.03. The molecule has 2 aromatic carbocycles. The summed E-state index contributed by atoms with van der Waals surface area (Å²) in [4.78, 5) is 18.1. The van der Waals surface area contributed by atoms with Crippen molar-refractivity contribution in [2.24, 2.45) is 0 Å². The van der Waals surface area contributed by atoms with E-state index in [2.05, 4.69) is 10.3 Å². The molecule has 29 heavy (non-hydrogen) atoms. The van der Waals surface area contributed by atoms with E-state index in [1.54, 1.807) is 14.2 Å². The predicted octanol–water partition coefficient (Wildman–Crippen LogP) is 5.81. The van der Waals surface area contributed by atoms with E-state index in [0.29, 0.717) is 21.5 Å². The zero-order valence-corrected chi connectivity index (χ0v) is 17.5. The van der Waals surface area contributed by atoms with Crippen molar-refractivity contribution >= 4 is 33.7 Å².